The molecule has 0 saturated heterocycles. The van der Waals surface area contributed by atoms with Gasteiger partial charge in [0.05, 0.1) is 18.1 Å². The number of rotatable bonds is 7. The maximum Gasteiger partial charge on any atom is 0.433 e. The van der Waals surface area contributed by atoms with E-state index in [-0.39, 0.29) is 28.9 Å². The van der Waals surface area contributed by atoms with Gasteiger partial charge in [-0.2, -0.15) is 13.2 Å². The molecule has 6 nitrogen and oxygen atoms in total. The van der Waals surface area contributed by atoms with Crippen LogP contribution in [0.15, 0.2) is 58.6 Å². The van der Waals surface area contributed by atoms with Gasteiger partial charge in [-0.1, -0.05) is 11.8 Å². The Morgan fingerprint density at radius 2 is 2.07 bits per heavy atom. The highest BCUT2D eigenvalue weighted by Crippen LogP contribution is 2.32. The van der Waals surface area contributed by atoms with Crippen LogP contribution in [0.4, 0.5) is 18.9 Å². The van der Waals surface area contributed by atoms with Crippen molar-refractivity contribution in [1.29, 1.82) is 0 Å². The fourth-order valence-electron chi connectivity index (χ4n) is 2.24. The van der Waals surface area contributed by atoms with Gasteiger partial charge >= 0.3 is 6.18 Å². The topological polar surface area (TPSA) is 80.9 Å². The number of thioether (sulfide) groups is 1. The predicted octanol–water partition coefficient (Wildman–Crippen LogP) is 4.66. The highest BCUT2D eigenvalue weighted by Gasteiger charge is 2.34. The Morgan fingerprint density at radius 1 is 1.21 bits per heavy atom. The van der Waals surface area contributed by atoms with Gasteiger partial charge in [0.1, 0.15) is 11.4 Å². The van der Waals surface area contributed by atoms with Crippen LogP contribution < -0.4 is 5.32 Å². The van der Waals surface area contributed by atoms with E-state index in [1.54, 1.807) is 24.4 Å². The molecule has 0 aliphatic carbocycles. The number of carbonyl (C=O) groups is 1. The second-order valence-electron chi connectivity index (χ2n) is 5.64. The van der Waals surface area contributed by atoms with Crippen molar-refractivity contribution in [3.05, 3.63) is 54.7 Å². The summed E-state index contributed by atoms with van der Waals surface area (Å²) in [6.07, 6.45) is 0.553. The van der Waals surface area contributed by atoms with Crippen molar-refractivity contribution in [2.24, 2.45) is 0 Å². The van der Waals surface area contributed by atoms with Crippen LogP contribution >= 0.6 is 11.8 Å². The van der Waals surface area contributed by atoms with Gasteiger partial charge in [0, 0.05) is 18.4 Å². The molecule has 1 amide bonds. The third-order valence-electron chi connectivity index (χ3n) is 3.49. The Bertz CT molecular complexity index is 918. The molecule has 0 aliphatic rings. The number of pyridine rings is 1. The minimum atomic E-state index is -4.59. The summed E-state index contributed by atoms with van der Waals surface area (Å²) in [6, 6.07) is 7.36. The first kappa shape index (κ1) is 19.9. The van der Waals surface area contributed by atoms with E-state index in [9.17, 15) is 18.0 Å². The molecule has 3 aromatic rings. The largest absolute Gasteiger partial charge is 0.463 e. The van der Waals surface area contributed by atoms with Gasteiger partial charge < -0.3 is 9.73 Å². The highest BCUT2D eigenvalue weighted by atomic mass is 32.2. The van der Waals surface area contributed by atoms with Crippen molar-refractivity contribution in [2.75, 3.05) is 11.1 Å². The van der Waals surface area contributed by atoms with Crippen molar-refractivity contribution >= 4 is 23.4 Å². The van der Waals surface area contributed by atoms with E-state index < -0.39 is 11.9 Å². The maximum atomic E-state index is 13.1. The third kappa shape index (κ3) is 5.56. The summed E-state index contributed by atoms with van der Waals surface area (Å²) < 4.78 is 44.4. The summed E-state index contributed by atoms with van der Waals surface area (Å²) in [5.74, 6) is 0.416. The molecule has 28 heavy (non-hydrogen) atoms. The van der Waals surface area contributed by atoms with Gasteiger partial charge in [0.25, 0.3) is 0 Å². The number of hydrogen-bond donors (Lipinski definition) is 1. The second kappa shape index (κ2) is 8.87. The molecule has 10 heteroatoms. The summed E-state index contributed by atoms with van der Waals surface area (Å²) in [5.41, 5.74) is -0.390. The van der Waals surface area contributed by atoms with Crippen molar-refractivity contribution in [3.8, 4) is 11.5 Å². The number of furan rings is 1. The number of anilines is 1. The van der Waals surface area contributed by atoms with E-state index in [1.165, 1.54) is 18.5 Å². The summed E-state index contributed by atoms with van der Waals surface area (Å²) in [5, 5.41) is 2.67. The zero-order valence-corrected chi connectivity index (χ0v) is 15.3. The van der Waals surface area contributed by atoms with Gasteiger partial charge in [-0.3, -0.25) is 9.78 Å². The van der Waals surface area contributed by atoms with Crippen LogP contribution in [0.3, 0.4) is 0 Å². The van der Waals surface area contributed by atoms with Crippen LogP contribution in [-0.2, 0) is 11.0 Å². The fourth-order valence-corrected chi connectivity index (χ4v) is 3.04. The molecule has 3 aromatic heterocycles. The number of aromatic nitrogens is 3. The fraction of sp³-hybridized carbons (Fsp3) is 0.222. The van der Waals surface area contributed by atoms with Crippen LogP contribution in [0, 0.1) is 0 Å². The lowest BCUT2D eigenvalue weighted by Crippen LogP contribution is -2.12. The lowest BCUT2D eigenvalue weighted by atomic mass is 10.2. The smallest absolute Gasteiger partial charge is 0.433 e. The zero-order valence-electron chi connectivity index (χ0n) is 14.4. The van der Waals surface area contributed by atoms with Crippen molar-refractivity contribution in [1.82, 2.24) is 15.0 Å². The number of carbonyl (C=O) groups excluding carboxylic acids is 1. The molecule has 0 bridgehead atoms. The van der Waals surface area contributed by atoms with Gasteiger partial charge in [-0.05, 0) is 36.8 Å². The van der Waals surface area contributed by atoms with Crippen LogP contribution in [0.5, 0.6) is 0 Å². The lowest BCUT2D eigenvalue weighted by molar-refractivity contribution is -0.141. The molecule has 0 aromatic carbocycles. The number of nitrogens with one attached hydrogen (secondary N) is 1. The monoisotopic (exact) mass is 408 g/mol. The average Bonchev–Trinajstić information content (AvgIpc) is 3.20. The van der Waals surface area contributed by atoms with E-state index in [0.29, 0.717) is 17.9 Å². The molecule has 0 saturated carbocycles. The van der Waals surface area contributed by atoms with Crippen molar-refractivity contribution in [3.63, 3.8) is 0 Å². The molecule has 0 spiro atoms. The minimum Gasteiger partial charge on any atom is -0.463 e. The third-order valence-corrected chi connectivity index (χ3v) is 4.43. The second-order valence-corrected chi connectivity index (χ2v) is 6.70. The molecular weight excluding hydrogens is 393 g/mol. The standard InChI is InChI=1S/C18H15F3N4O2S/c19-18(20,21)15-10-13(14-5-2-8-27-14)24-17(25-15)28-9-3-6-16(26)23-12-4-1-7-22-11-12/h1-2,4-5,7-8,10-11H,3,6,9H2,(H,23,26). The molecule has 3 rings (SSSR count). The van der Waals surface area contributed by atoms with Crippen molar-refractivity contribution < 1.29 is 22.4 Å². The number of alkyl halides is 3. The van der Waals surface area contributed by atoms with E-state index in [4.69, 9.17) is 4.42 Å². The summed E-state index contributed by atoms with van der Waals surface area (Å²) in [4.78, 5) is 23.5. The minimum absolute atomic E-state index is 0.0195. The summed E-state index contributed by atoms with van der Waals surface area (Å²) >= 11 is 1.05. The van der Waals surface area contributed by atoms with E-state index in [0.717, 1.165) is 17.8 Å². The maximum absolute atomic E-state index is 13.1. The Kier molecular flexibility index (Phi) is 6.30. The normalized spacial score (nSPS) is 11.4. The average molecular weight is 408 g/mol. The van der Waals surface area contributed by atoms with Crippen LogP contribution in [-0.4, -0.2) is 26.6 Å². The highest BCUT2D eigenvalue weighted by molar-refractivity contribution is 7.99. The van der Waals surface area contributed by atoms with E-state index in [1.807, 2.05) is 0 Å². The predicted molar refractivity (Wildman–Crippen MR) is 97.6 cm³/mol. The SMILES string of the molecule is O=C(CCCSc1nc(-c2ccco2)cc(C(F)(F)F)n1)Nc1cccnc1. The molecule has 0 radical (unpaired) electrons. The quantitative estimate of drug-likeness (QED) is 0.348. The van der Waals surface area contributed by atoms with Crippen LogP contribution in [0.1, 0.15) is 18.5 Å². The van der Waals surface area contributed by atoms with Gasteiger partial charge in [0.15, 0.2) is 10.9 Å². The first-order valence-corrected chi connectivity index (χ1v) is 9.23. The molecule has 0 unspecified atom stereocenters. The number of nitrogens with zero attached hydrogens (tertiary/aromatic N) is 3. The lowest BCUT2D eigenvalue weighted by Gasteiger charge is -2.09. The number of hydrogen-bond acceptors (Lipinski definition) is 6. The Balaban J connectivity index is 1.59. The molecule has 0 fully saturated rings. The molecule has 0 atom stereocenters. The van der Waals surface area contributed by atoms with Crippen LogP contribution in [0.2, 0.25) is 0 Å². The molecule has 1 N–H and O–H groups in total. The van der Waals surface area contributed by atoms with Crippen LogP contribution in [0.25, 0.3) is 11.5 Å². The first-order chi connectivity index (χ1) is 13.4. The van der Waals surface area contributed by atoms with Gasteiger partial charge in [0.2, 0.25) is 5.91 Å². The molecule has 146 valence electrons. The zero-order chi connectivity index (χ0) is 20.0. The van der Waals surface area contributed by atoms with E-state index >= 15 is 0 Å². The number of halogens is 3. The van der Waals surface area contributed by atoms with Gasteiger partial charge in [-0.25, -0.2) is 9.97 Å². The Labute approximate surface area is 162 Å². The molecular formula is C18H15F3N4O2S. The Morgan fingerprint density at radius 3 is 2.75 bits per heavy atom. The molecule has 3 heterocycles. The van der Waals surface area contributed by atoms with Crippen molar-refractivity contribution in [2.45, 2.75) is 24.2 Å². The number of amides is 1. The first-order valence-electron chi connectivity index (χ1n) is 8.24. The summed E-state index contributed by atoms with van der Waals surface area (Å²) in [6.45, 7) is 0. The summed E-state index contributed by atoms with van der Waals surface area (Å²) in [7, 11) is 0. The van der Waals surface area contributed by atoms with Gasteiger partial charge in [-0.15, -0.1) is 0 Å². The molecule has 0 aliphatic heterocycles. The van der Waals surface area contributed by atoms with E-state index in [2.05, 4.69) is 20.3 Å². The Hall–Kier alpha value is -2.88.